The second-order valence-electron chi connectivity index (χ2n) is 7.23. The summed E-state index contributed by atoms with van der Waals surface area (Å²) in [6.07, 6.45) is 5.36. The smallest absolute Gasteiger partial charge is 0.324 e. The van der Waals surface area contributed by atoms with Crippen molar-refractivity contribution in [1.29, 1.82) is 0 Å². The van der Waals surface area contributed by atoms with Gasteiger partial charge in [-0.1, -0.05) is 24.3 Å². The fourth-order valence-electron chi connectivity index (χ4n) is 3.49. The third-order valence-electron chi connectivity index (χ3n) is 5.08. The van der Waals surface area contributed by atoms with Gasteiger partial charge in [-0.25, -0.2) is 19.0 Å². The average molecular weight is 451 g/mol. The van der Waals surface area contributed by atoms with E-state index in [9.17, 15) is 14.4 Å². The van der Waals surface area contributed by atoms with E-state index in [1.165, 1.54) is 6.33 Å². The van der Waals surface area contributed by atoms with Gasteiger partial charge in [0.15, 0.2) is 0 Å². The molecular weight excluding hydrogens is 428 g/mol. The van der Waals surface area contributed by atoms with E-state index in [2.05, 4.69) is 20.4 Å². The van der Waals surface area contributed by atoms with Crippen molar-refractivity contribution in [2.24, 2.45) is 0 Å². The van der Waals surface area contributed by atoms with E-state index >= 15 is 0 Å². The zero-order chi connectivity index (χ0) is 22.5. The van der Waals surface area contributed by atoms with Crippen molar-refractivity contribution < 1.29 is 4.79 Å². The van der Waals surface area contributed by atoms with Crippen LogP contribution in [0.1, 0.15) is 18.0 Å². The van der Waals surface area contributed by atoms with Gasteiger partial charge in [0.25, 0.3) is 5.56 Å². The first-order valence-electron chi connectivity index (χ1n) is 10.0. The summed E-state index contributed by atoms with van der Waals surface area (Å²) in [6, 6.07) is 13.2. The largest absolute Gasteiger partial charge is 0.329 e. The summed E-state index contributed by atoms with van der Waals surface area (Å²) < 4.78 is 2.72. The number of aromatic nitrogens is 5. The monoisotopic (exact) mass is 450 g/mol. The lowest BCUT2D eigenvalue weighted by atomic mass is 10.1. The van der Waals surface area contributed by atoms with E-state index in [1.54, 1.807) is 59.2 Å². The first-order chi connectivity index (χ1) is 15.6. The summed E-state index contributed by atoms with van der Waals surface area (Å²) >= 11 is 1.55. The molecule has 1 amide bonds. The van der Waals surface area contributed by atoms with Crippen LogP contribution in [0.15, 0.2) is 70.8 Å². The molecule has 0 fully saturated rings. The molecule has 0 radical (unpaired) electrons. The van der Waals surface area contributed by atoms with Crippen LogP contribution in [0.5, 0.6) is 0 Å². The number of carbonyl (C=O) groups is 1. The highest BCUT2D eigenvalue weighted by molar-refractivity contribution is 7.98. The highest BCUT2D eigenvalue weighted by Gasteiger charge is 2.24. The number of rotatable bonds is 8. The Morgan fingerprint density at radius 2 is 1.94 bits per heavy atom. The predicted octanol–water partition coefficient (Wildman–Crippen LogP) is 2.26. The average Bonchev–Trinajstić information content (AvgIpc) is 3.30. The van der Waals surface area contributed by atoms with Gasteiger partial charge in [0.2, 0.25) is 5.91 Å². The molecule has 2 N–H and O–H groups in total. The summed E-state index contributed by atoms with van der Waals surface area (Å²) in [5, 5.41) is 7.28. The molecule has 1 atom stereocenters. The SMILES string of the molecule is CSCCC(C(=O)Nc1ccc(Cn2cncn2)cc1)n1c(=O)[nH]c2ccccc2c1=O. The molecule has 10 heteroatoms. The van der Waals surface area contributed by atoms with Gasteiger partial charge in [-0.15, -0.1) is 0 Å². The van der Waals surface area contributed by atoms with Crippen LogP contribution in [0.4, 0.5) is 5.69 Å². The maximum absolute atomic E-state index is 13.1. The highest BCUT2D eigenvalue weighted by atomic mass is 32.2. The molecule has 1 unspecified atom stereocenters. The fraction of sp³-hybridized carbons (Fsp3) is 0.227. The van der Waals surface area contributed by atoms with Gasteiger partial charge in [0.1, 0.15) is 18.7 Å². The number of amides is 1. The molecular formula is C22H22N6O3S. The number of hydrogen-bond acceptors (Lipinski definition) is 6. The predicted molar refractivity (Wildman–Crippen MR) is 125 cm³/mol. The number of nitrogens with zero attached hydrogens (tertiary/aromatic N) is 4. The number of H-pyrrole nitrogens is 1. The zero-order valence-corrected chi connectivity index (χ0v) is 18.2. The van der Waals surface area contributed by atoms with E-state index in [4.69, 9.17) is 0 Å². The van der Waals surface area contributed by atoms with E-state index in [1.807, 2.05) is 18.4 Å². The minimum absolute atomic E-state index is 0.346. The summed E-state index contributed by atoms with van der Waals surface area (Å²) in [4.78, 5) is 45.5. The van der Waals surface area contributed by atoms with Crippen molar-refractivity contribution in [1.82, 2.24) is 24.3 Å². The van der Waals surface area contributed by atoms with E-state index in [0.29, 0.717) is 35.3 Å². The molecule has 0 aliphatic carbocycles. The van der Waals surface area contributed by atoms with Gasteiger partial charge >= 0.3 is 5.69 Å². The van der Waals surface area contributed by atoms with Crippen LogP contribution in [0.25, 0.3) is 10.9 Å². The zero-order valence-electron chi connectivity index (χ0n) is 17.4. The number of carbonyl (C=O) groups excluding carboxylic acids is 1. The molecule has 4 aromatic rings. The van der Waals surface area contributed by atoms with Crippen molar-refractivity contribution in [2.45, 2.75) is 19.0 Å². The van der Waals surface area contributed by atoms with Crippen molar-refractivity contribution >= 4 is 34.3 Å². The molecule has 32 heavy (non-hydrogen) atoms. The maximum Gasteiger partial charge on any atom is 0.329 e. The topological polar surface area (TPSA) is 115 Å². The second-order valence-corrected chi connectivity index (χ2v) is 8.21. The summed E-state index contributed by atoms with van der Waals surface area (Å²) in [7, 11) is 0. The number of anilines is 1. The Morgan fingerprint density at radius 3 is 2.66 bits per heavy atom. The Morgan fingerprint density at radius 1 is 1.16 bits per heavy atom. The standard InChI is InChI=1S/C22H22N6O3S/c1-32-11-10-19(28-21(30)17-4-2-3-5-18(17)26-22(28)31)20(29)25-16-8-6-15(7-9-16)12-27-14-23-13-24-27/h2-9,13-14,19H,10-12H2,1H3,(H,25,29)(H,26,31). The molecule has 0 aliphatic rings. The van der Waals surface area contributed by atoms with Gasteiger partial charge in [0, 0.05) is 5.69 Å². The lowest BCUT2D eigenvalue weighted by molar-refractivity contribution is -0.119. The number of aromatic amines is 1. The summed E-state index contributed by atoms with van der Waals surface area (Å²) in [5.41, 5.74) is 0.948. The minimum Gasteiger partial charge on any atom is -0.324 e. The van der Waals surface area contributed by atoms with Gasteiger partial charge in [-0.3, -0.25) is 9.59 Å². The molecule has 0 bridgehead atoms. The molecule has 9 nitrogen and oxygen atoms in total. The summed E-state index contributed by atoms with van der Waals surface area (Å²) in [5.74, 6) is 0.208. The number of fused-ring (bicyclic) bond motifs is 1. The van der Waals surface area contributed by atoms with Crippen LogP contribution in [0.2, 0.25) is 0 Å². The Kier molecular flexibility index (Phi) is 6.50. The van der Waals surface area contributed by atoms with Crippen molar-refractivity contribution in [3.05, 3.63) is 87.6 Å². The van der Waals surface area contributed by atoms with Crippen LogP contribution in [-0.2, 0) is 11.3 Å². The molecule has 2 heterocycles. The third-order valence-corrected chi connectivity index (χ3v) is 5.72. The van der Waals surface area contributed by atoms with Crippen molar-refractivity contribution in [3.8, 4) is 0 Å². The van der Waals surface area contributed by atoms with Crippen LogP contribution < -0.4 is 16.6 Å². The molecule has 2 aromatic heterocycles. The summed E-state index contributed by atoms with van der Waals surface area (Å²) in [6.45, 7) is 0.562. The fourth-order valence-corrected chi connectivity index (χ4v) is 3.95. The molecule has 4 rings (SSSR count). The van der Waals surface area contributed by atoms with E-state index in [-0.39, 0.29) is 0 Å². The van der Waals surface area contributed by atoms with Crippen LogP contribution in [0, 0.1) is 0 Å². The third kappa shape index (κ3) is 4.65. The van der Waals surface area contributed by atoms with Gasteiger partial charge in [-0.05, 0) is 48.3 Å². The van der Waals surface area contributed by atoms with Crippen LogP contribution in [-0.4, -0.2) is 42.2 Å². The van der Waals surface area contributed by atoms with Gasteiger partial charge in [-0.2, -0.15) is 16.9 Å². The Bertz CT molecular complexity index is 1330. The number of nitrogens with one attached hydrogen (secondary N) is 2. The molecule has 2 aromatic carbocycles. The first kappa shape index (κ1) is 21.6. The molecule has 0 saturated carbocycles. The van der Waals surface area contributed by atoms with Gasteiger partial charge < -0.3 is 10.3 Å². The Balaban J connectivity index is 1.60. The molecule has 0 saturated heterocycles. The quantitative estimate of drug-likeness (QED) is 0.426. The number of para-hydroxylation sites is 1. The van der Waals surface area contributed by atoms with Crippen molar-refractivity contribution in [2.75, 3.05) is 17.3 Å². The minimum atomic E-state index is -0.932. The Hall–Kier alpha value is -3.66. The maximum atomic E-state index is 13.1. The second kappa shape index (κ2) is 9.65. The molecule has 164 valence electrons. The van der Waals surface area contributed by atoms with Crippen molar-refractivity contribution in [3.63, 3.8) is 0 Å². The van der Waals surface area contributed by atoms with Gasteiger partial charge in [0.05, 0.1) is 17.4 Å². The van der Waals surface area contributed by atoms with Crippen LogP contribution >= 0.6 is 11.8 Å². The molecule has 0 aliphatic heterocycles. The number of thioether (sulfide) groups is 1. The number of benzene rings is 2. The Labute approximate surface area is 187 Å². The lowest BCUT2D eigenvalue weighted by Crippen LogP contribution is -2.43. The molecule has 0 spiro atoms. The van der Waals surface area contributed by atoms with E-state index < -0.39 is 23.2 Å². The lowest BCUT2D eigenvalue weighted by Gasteiger charge is -2.19. The normalized spacial score (nSPS) is 12.0. The van der Waals surface area contributed by atoms with Crippen LogP contribution in [0.3, 0.4) is 0 Å². The highest BCUT2D eigenvalue weighted by Crippen LogP contribution is 2.17. The van der Waals surface area contributed by atoms with E-state index in [0.717, 1.165) is 10.1 Å². The first-order valence-corrected chi connectivity index (χ1v) is 11.4. The number of hydrogen-bond donors (Lipinski definition) is 2.